The second-order valence-electron chi connectivity index (χ2n) is 5.35. The van der Waals surface area contributed by atoms with Gasteiger partial charge >= 0.3 is 6.03 Å². The van der Waals surface area contributed by atoms with E-state index in [4.69, 9.17) is 5.73 Å². The Morgan fingerprint density at radius 3 is 2.18 bits per heavy atom. The molecule has 0 atom stereocenters. The second kappa shape index (κ2) is 3.95. The molecule has 1 aromatic rings. The molecule has 4 nitrogen and oxygen atoms in total. The zero-order valence-corrected chi connectivity index (χ0v) is 10.6. The monoisotopic (exact) mass is 233 g/mol. The van der Waals surface area contributed by atoms with Crippen LogP contribution in [-0.4, -0.2) is 29.6 Å². The van der Waals surface area contributed by atoms with Crippen molar-refractivity contribution in [3.8, 4) is 0 Å². The molecule has 1 saturated heterocycles. The summed E-state index contributed by atoms with van der Waals surface area (Å²) in [4.78, 5) is 15.9. The number of carbonyl (C=O) groups excluding carboxylic acids is 1. The fourth-order valence-corrected chi connectivity index (χ4v) is 2.05. The first-order valence-corrected chi connectivity index (χ1v) is 5.84. The number of amides is 2. The first-order chi connectivity index (χ1) is 7.89. The van der Waals surface area contributed by atoms with Gasteiger partial charge in [0.05, 0.1) is 0 Å². The number of urea groups is 1. The zero-order valence-electron chi connectivity index (χ0n) is 10.6. The molecular weight excluding hydrogens is 214 g/mol. The molecule has 0 radical (unpaired) electrons. The smallest absolute Gasteiger partial charge is 0.325 e. The predicted molar refractivity (Wildman–Crippen MR) is 70.1 cm³/mol. The van der Waals surface area contributed by atoms with Gasteiger partial charge in [0, 0.05) is 30.0 Å². The van der Waals surface area contributed by atoms with E-state index in [0.29, 0.717) is 5.69 Å². The van der Waals surface area contributed by atoms with E-state index in [1.807, 2.05) is 29.2 Å². The van der Waals surface area contributed by atoms with Gasteiger partial charge in [0.1, 0.15) is 0 Å². The highest BCUT2D eigenvalue weighted by molar-refractivity contribution is 5.94. The molecule has 17 heavy (non-hydrogen) atoms. The first kappa shape index (κ1) is 11.8. The lowest BCUT2D eigenvalue weighted by Gasteiger charge is -2.31. The lowest BCUT2D eigenvalue weighted by Crippen LogP contribution is -2.44. The van der Waals surface area contributed by atoms with Crippen LogP contribution in [0, 0.1) is 0 Å². The van der Waals surface area contributed by atoms with Crippen LogP contribution >= 0.6 is 0 Å². The van der Waals surface area contributed by atoms with E-state index in [0.717, 1.165) is 18.8 Å². The van der Waals surface area contributed by atoms with Crippen LogP contribution in [0.1, 0.15) is 20.8 Å². The average Bonchev–Trinajstić information content (AvgIpc) is 2.61. The van der Waals surface area contributed by atoms with E-state index in [1.54, 1.807) is 4.90 Å². The van der Waals surface area contributed by atoms with Crippen LogP contribution in [0.3, 0.4) is 0 Å². The van der Waals surface area contributed by atoms with Gasteiger partial charge in [0.15, 0.2) is 0 Å². The molecule has 0 bridgehead atoms. The van der Waals surface area contributed by atoms with Crippen molar-refractivity contribution in [3.63, 3.8) is 0 Å². The number of rotatable bonds is 1. The molecule has 0 aliphatic carbocycles. The number of nitrogens with zero attached hydrogens (tertiary/aromatic N) is 2. The van der Waals surface area contributed by atoms with Crippen LogP contribution < -0.4 is 10.6 Å². The van der Waals surface area contributed by atoms with Gasteiger partial charge in [0.25, 0.3) is 0 Å². The molecule has 4 heteroatoms. The summed E-state index contributed by atoms with van der Waals surface area (Å²) in [5.74, 6) is 0. The maximum absolute atomic E-state index is 12.3. The highest BCUT2D eigenvalue weighted by Gasteiger charge is 2.36. The number of nitrogen functional groups attached to an aromatic ring is 1. The number of carbonyl (C=O) groups is 1. The van der Waals surface area contributed by atoms with E-state index in [9.17, 15) is 4.79 Å². The van der Waals surface area contributed by atoms with Crippen LogP contribution in [0.15, 0.2) is 24.3 Å². The molecule has 1 aromatic carbocycles. The van der Waals surface area contributed by atoms with Gasteiger partial charge in [-0.3, -0.25) is 4.90 Å². The highest BCUT2D eigenvalue weighted by Crippen LogP contribution is 2.25. The van der Waals surface area contributed by atoms with Crippen molar-refractivity contribution in [2.75, 3.05) is 23.7 Å². The fourth-order valence-electron chi connectivity index (χ4n) is 2.05. The molecule has 92 valence electrons. The minimum absolute atomic E-state index is 0.0715. The molecule has 1 fully saturated rings. The number of hydrogen-bond acceptors (Lipinski definition) is 2. The lowest BCUT2D eigenvalue weighted by molar-refractivity contribution is 0.173. The SMILES string of the molecule is CC(C)(C)N1CCN(c2ccc(N)cc2)C1=O. The minimum Gasteiger partial charge on any atom is -0.399 e. The molecule has 0 aromatic heterocycles. The molecule has 0 unspecified atom stereocenters. The molecule has 1 heterocycles. The molecule has 1 aliphatic heterocycles. The van der Waals surface area contributed by atoms with Crippen molar-refractivity contribution in [1.82, 2.24) is 4.90 Å². The number of hydrogen-bond donors (Lipinski definition) is 1. The average molecular weight is 233 g/mol. The lowest BCUT2D eigenvalue weighted by atomic mass is 10.1. The molecule has 1 aliphatic rings. The first-order valence-electron chi connectivity index (χ1n) is 5.84. The third-order valence-electron chi connectivity index (χ3n) is 3.02. The zero-order chi connectivity index (χ0) is 12.6. The predicted octanol–water partition coefficient (Wildman–Crippen LogP) is 2.31. The van der Waals surface area contributed by atoms with Crippen LogP contribution in [-0.2, 0) is 0 Å². The summed E-state index contributed by atoms with van der Waals surface area (Å²) in [5, 5.41) is 0. The Hall–Kier alpha value is -1.71. The fraction of sp³-hybridized carbons (Fsp3) is 0.462. The maximum atomic E-state index is 12.3. The Morgan fingerprint density at radius 2 is 1.71 bits per heavy atom. The molecule has 0 spiro atoms. The number of benzene rings is 1. The van der Waals surface area contributed by atoms with E-state index in [2.05, 4.69) is 20.8 Å². The van der Waals surface area contributed by atoms with Gasteiger partial charge in [-0.05, 0) is 45.0 Å². The quantitative estimate of drug-likeness (QED) is 0.757. The van der Waals surface area contributed by atoms with Crippen LogP contribution in [0.25, 0.3) is 0 Å². The second-order valence-corrected chi connectivity index (χ2v) is 5.35. The Kier molecular flexibility index (Phi) is 2.73. The Morgan fingerprint density at radius 1 is 1.12 bits per heavy atom. The number of anilines is 2. The van der Waals surface area contributed by atoms with Gasteiger partial charge in [-0.25, -0.2) is 4.79 Å². The number of nitrogens with two attached hydrogens (primary N) is 1. The maximum Gasteiger partial charge on any atom is 0.325 e. The van der Waals surface area contributed by atoms with Gasteiger partial charge < -0.3 is 10.6 Å². The van der Waals surface area contributed by atoms with Crippen LogP contribution in [0.2, 0.25) is 0 Å². The largest absolute Gasteiger partial charge is 0.399 e. The van der Waals surface area contributed by atoms with Gasteiger partial charge in [-0.2, -0.15) is 0 Å². The Balaban J connectivity index is 2.21. The molecule has 2 N–H and O–H groups in total. The van der Waals surface area contributed by atoms with Crippen molar-refractivity contribution < 1.29 is 4.79 Å². The van der Waals surface area contributed by atoms with Gasteiger partial charge in [-0.15, -0.1) is 0 Å². The van der Waals surface area contributed by atoms with E-state index in [-0.39, 0.29) is 11.6 Å². The summed E-state index contributed by atoms with van der Waals surface area (Å²) in [6.07, 6.45) is 0. The Bertz CT molecular complexity index is 419. The normalized spacial score (nSPS) is 16.8. The summed E-state index contributed by atoms with van der Waals surface area (Å²) < 4.78 is 0. The summed E-state index contributed by atoms with van der Waals surface area (Å²) in [6.45, 7) is 7.67. The summed E-state index contributed by atoms with van der Waals surface area (Å²) in [7, 11) is 0. The summed E-state index contributed by atoms with van der Waals surface area (Å²) in [5.41, 5.74) is 7.15. The molecular formula is C13H19N3O. The van der Waals surface area contributed by atoms with Crippen molar-refractivity contribution in [1.29, 1.82) is 0 Å². The third-order valence-corrected chi connectivity index (χ3v) is 3.02. The summed E-state index contributed by atoms with van der Waals surface area (Å²) >= 11 is 0. The minimum atomic E-state index is -0.125. The Labute approximate surface area is 102 Å². The molecule has 0 saturated carbocycles. The van der Waals surface area contributed by atoms with Crippen molar-refractivity contribution >= 4 is 17.4 Å². The summed E-state index contributed by atoms with van der Waals surface area (Å²) in [6, 6.07) is 7.49. The van der Waals surface area contributed by atoms with Crippen molar-refractivity contribution in [3.05, 3.63) is 24.3 Å². The van der Waals surface area contributed by atoms with Crippen LogP contribution in [0.4, 0.5) is 16.2 Å². The van der Waals surface area contributed by atoms with Crippen LogP contribution in [0.5, 0.6) is 0 Å². The molecule has 2 rings (SSSR count). The van der Waals surface area contributed by atoms with E-state index >= 15 is 0 Å². The topological polar surface area (TPSA) is 49.6 Å². The van der Waals surface area contributed by atoms with Gasteiger partial charge in [-0.1, -0.05) is 0 Å². The molecule has 2 amide bonds. The van der Waals surface area contributed by atoms with Crippen molar-refractivity contribution in [2.24, 2.45) is 0 Å². The highest BCUT2D eigenvalue weighted by atomic mass is 16.2. The van der Waals surface area contributed by atoms with E-state index in [1.165, 1.54) is 0 Å². The van der Waals surface area contributed by atoms with Crippen molar-refractivity contribution in [2.45, 2.75) is 26.3 Å². The van der Waals surface area contributed by atoms with E-state index < -0.39 is 0 Å². The van der Waals surface area contributed by atoms with Gasteiger partial charge in [0.2, 0.25) is 0 Å². The standard InChI is InChI=1S/C13H19N3O/c1-13(2,3)16-9-8-15(12(16)17)11-6-4-10(14)5-7-11/h4-7H,8-9,14H2,1-3H3. The third kappa shape index (κ3) is 2.20.